The van der Waals surface area contributed by atoms with Crippen LogP contribution < -0.4 is 10.5 Å². The molecule has 100 valence electrons. The molecular formula is C14H18N4O. The van der Waals surface area contributed by atoms with Gasteiger partial charge in [0.05, 0.1) is 11.4 Å². The van der Waals surface area contributed by atoms with Gasteiger partial charge in [-0.25, -0.2) is 0 Å². The molecule has 19 heavy (non-hydrogen) atoms. The van der Waals surface area contributed by atoms with Crippen molar-refractivity contribution in [3.63, 3.8) is 0 Å². The second-order valence-corrected chi connectivity index (χ2v) is 4.63. The smallest absolute Gasteiger partial charge is 0.341 e. The van der Waals surface area contributed by atoms with Crippen molar-refractivity contribution >= 4 is 0 Å². The van der Waals surface area contributed by atoms with Crippen LogP contribution in [0.25, 0.3) is 0 Å². The third-order valence-corrected chi connectivity index (χ3v) is 3.02. The van der Waals surface area contributed by atoms with Gasteiger partial charge in [-0.2, -0.15) is 4.98 Å². The van der Waals surface area contributed by atoms with Gasteiger partial charge in [0.2, 0.25) is 0 Å². The first-order valence-corrected chi connectivity index (χ1v) is 6.17. The second-order valence-electron chi connectivity index (χ2n) is 4.63. The molecule has 0 aliphatic carbocycles. The number of ether oxygens (including phenoxy) is 1. The van der Waals surface area contributed by atoms with E-state index >= 15 is 0 Å². The van der Waals surface area contributed by atoms with Crippen molar-refractivity contribution in [1.29, 1.82) is 0 Å². The lowest BCUT2D eigenvalue weighted by Gasteiger charge is -2.12. The largest absolute Gasteiger partial charge is 0.423 e. The molecule has 5 nitrogen and oxygen atoms in total. The van der Waals surface area contributed by atoms with Gasteiger partial charge < -0.3 is 10.5 Å². The summed E-state index contributed by atoms with van der Waals surface area (Å²) >= 11 is 0. The molecule has 1 aromatic heterocycles. The highest BCUT2D eigenvalue weighted by molar-refractivity contribution is 5.44. The van der Waals surface area contributed by atoms with E-state index in [1.165, 1.54) is 0 Å². The van der Waals surface area contributed by atoms with Crippen LogP contribution in [0.4, 0.5) is 0 Å². The molecule has 0 radical (unpaired) electrons. The number of nitrogens with two attached hydrogens (primary N) is 1. The van der Waals surface area contributed by atoms with Gasteiger partial charge in [0.1, 0.15) is 5.75 Å². The Balaban J connectivity index is 2.35. The molecule has 0 aliphatic heterocycles. The van der Waals surface area contributed by atoms with Crippen molar-refractivity contribution in [2.24, 2.45) is 5.73 Å². The van der Waals surface area contributed by atoms with Gasteiger partial charge in [-0.1, -0.05) is 17.2 Å². The van der Waals surface area contributed by atoms with E-state index in [1.807, 2.05) is 39.8 Å². The Labute approximate surface area is 112 Å². The first kappa shape index (κ1) is 13.4. The molecule has 0 atom stereocenters. The second kappa shape index (κ2) is 5.32. The van der Waals surface area contributed by atoms with Crippen molar-refractivity contribution in [2.75, 3.05) is 0 Å². The summed E-state index contributed by atoms with van der Waals surface area (Å²) in [5.74, 6) is 0.766. The van der Waals surface area contributed by atoms with Crippen LogP contribution in [0.5, 0.6) is 11.8 Å². The molecule has 0 saturated heterocycles. The van der Waals surface area contributed by atoms with Gasteiger partial charge in [-0.05, 0) is 44.4 Å². The zero-order valence-electron chi connectivity index (χ0n) is 11.7. The summed E-state index contributed by atoms with van der Waals surface area (Å²) in [6.45, 7) is 8.23. The fourth-order valence-corrected chi connectivity index (χ4v) is 1.89. The Morgan fingerprint density at radius 1 is 1.00 bits per heavy atom. The van der Waals surface area contributed by atoms with Crippen molar-refractivity contribution in [2.45, 2.75) is 34.2 Å². The third kappa shape index (κ3) is 2.88. The Kier molecular flexibility index (Phi) is 3.76. The highest BCUT2D eigenvalue weighted by Crippen LogP contribution is 2.28. The first-order valence-electron chi connectivity index (χ1n) is 6.17. The Hall–Kier alpha value is -2.01. The minimum absolute atomic E-state index is 0.273. The molecule has 0 bridgehead atoms. The third-order valence-electron chi connectivity index (χ3n) is 3.02. The fraction of sp³-hybridized carbons (Fsp3) is 0.357. The maximum atomic E-state index is 5.75. The van der Waals surface area contributed by atoms with E-state index in [2.05, 4.69) is 15.2 Å². The molecular weight excluding hydrogens is 240 g/mol. The molecule has 0 aliphatic rings. The maximum Gasteiger partial charge on any atom is 0.341 e. The van der Waals surface area contributed by atoms with Crippen LogP contribution >= 0.6 is 0 Å². The van der Waals surface area contributed by atoms with Crippen LogP contribution in [0.15, 0.2) is 12.1 Å². The molecule has 0 amide bonds. The summed E-state index contributed by atoms with van der Waals surface area (Å²) < 4.78 is 5.75. The molecule has 2 rings (SSSR count). The maximum absolute atomic E-state index is 5.75. The SMILES string of the molecule is Cc1cc(CN)cc(C)c1Oc1nnc(C)c(C)n1. The van der Waals surface area contributed by atoms with Crippen LogP contribution in [-0.4, -0.2) is 15.2 Å². The van der Waals surface area contributed by atoms with Gasteiger partial charge in [0, 0.05) is 6.54 Å². The minimum Gasteiger partial charge on any atom is -0.423 e. The lowest BCUT2D eigenvalue weighted by Crippen LogP contribution is -2.03. The summed E-state index contributed by atoms with van der Waals surface area (Å²) in [5, 5.41) is 7.96. The molecule has 2 aromatic rings. The average Bonchev–Trinajstić information content (AvgIpc) is 2.37. The van der Waals surface area contributed by atoms with Crippen molar-refractivity contribution in [3.8, 4) is 11.8 Å². The summed E-state index contributed by atoms with van der Waals surface area (Å²) in [7, 11) is 0. The number of aromatic nitrogens is 3. The quantitative estimate of drug-likeness (QED) is 0.914. The van der Waals surface area contributed by atoms with Gasteiger partial charge in [-0.15, -0.1) is 5.10 Å². The number of nitrogens with zero attached hydrogens (tertiary/aromatic N) is 3. The number of rotatable bonds is 3. The highest BCUT2D eigenvalue weighted by Gasteiger charge is 2.10. The Morgan fingerprint density at radius 3 is 2.16 bits per heavy atom. The lowest BCUT2D eigenvalue weighted by atomic mass is 10.1. The van der Waals surface area contributed by atoms with Crippen LogP contribution in [0.1, 0.15) is 28.1 Å². The van der Waals surface area contributed by atoms with Gasteiger partial charge >= 0.3 is 6.01 Å². The first-order chi connectivity index (χ1) is 9.01. The van der Waals surface area contributed by atoms with E-state index in [1.54, 1.807) is 0 Å². The van der Waals surface area contributed by atoms with E-state index in [4.69, 9.17) is 10.5 Å². The molecule has 1 heterocycles. The van der Waals surface area contributed by atoms with Crippen molar-refractivity contribution < 1.29 is 4.74 Å². The standard InChI is InChI=1S/C14H18N4O/c1-8-5-12(7-15)6-9(2)13(8)19-14-16-10(3)11(4)17-18-14/h5-6H,7,15H2,1-4H3. The number of hydrogen-bond acceptors (Lipinski definition) is 5. The molecule has 0 fully saturated rings. The molecule has 0 saturated carbocycles. The number of hydrogen-bond donors (Lipinski definition) is 1. The van der Waals surface area contributed by atoms with E-state index in [0.29, 0.717) is 6.54 Å². The van der Waals surface area contributed by atoms with E-state index in [-0.39, 0.29) is 6.01 Å². The molecule has 0 unspecified atom stereocenters. The minimum atomic E-state index is 0.273. The topological polar surface area (TPSA) is 73.9 Å². The lowest BCUT2D eigenvalue weighted by molar-refractivity contribution is 0.424. The summed E-state index contributed by atoms with van der Waals surface area (Å²) in [4.78, 5) is 4.27. The van der Waals surface area contributed by atoms with E-state index in [9.17, 15) is 0 Å². The molecule has 2 N–H and O–H groups in total. The summed E-state index contributed by atoms with van der Waals surface area (Å²) in [5.41, 5.74) is 10.4. The van der Waals surface area contributed by atoms with Crippen LogP contribution in [0.2, 0.25) is 0 Å². The van der Waals surface area contributed by atoms with Crippen molar-refractivity contribution in [1.82, 2.24) is 15.2 Å². The Bertz CT molecular complexity index is 587. The zero-order valence-corrected chi connectivity index (χ0v) is 11.7. The van der Waals surface area contributed by atoms with E-state index < -0.39 is 0 Å². The summed E-state index contributed by atoms with van der Waals surface area (Å²) in [6, 6.07) is 4.29. The predicted octanol–water partition coefficient (Wildman–Crippen LogP) is 2.36. The van der Waals surface area contributed by atoms with Crippen LogP contribution in [0, 0.1) is 27.7 Å². The Morgan fingerprint density at radius 2 is 1.63 bits per heavy atom. The molecule has 1 aromatic carbocycles. The number of aryl methyl sites for hydroxylation is 4. The van der Waals surface area contributed by atoms with Crippen molar-refractivity contribution in [3.05, 3.63) is 40.2 Å². The van der Waals surface area contributed by atoms with Gasteiger partial charge in [0.25, 0.3) is 0 Å². The van der Waals surface area contributed by atoms with Crippen LogP contribution in [-0.2, 0) is 6.54 Å². The fourth-order valence-electron chi connectivity index (χ4n) is 1.89. The zero-order chi connectivity index (χ0) is 14.0. The highest BCUT2D eigenvalue weighted by atomic mass is 16.5. The van der Waals surface area contributed by atoms with Gasteiger partial charge in [0.15, 0.2) is 0 Å². The predicted molar refractivity (Wildman–Crippen MR) is 73.2 cm³/mol. The normalized spacial score (nSPS) is 10.6. The van der Waals surface area contributed by atoms with E-state index in [0.717, 1.165) is 33.8 Å². The average molecular weight is 258 g/mol. The van der Waals surface area contributed by atoms with Crippen LogP contribution in [0.3, 0.4) is 0 Å². The van der Waals surface area contributed by atoms with Gasteiger partial charge in [-0.3, -0.25) is 0 Å². The summed E-state index contributed by atoms with van der Waals surface area (Å²) in [6.07, 6.45) is 0. The molecule has 0 spiro atoms. The monoisotopic (exact) mass is 258 g/mol. The number of benzene rings is 1. The molecule has 5 heteroatoms.